The van der Waals surface area contributed by atoms with Crippen molar-refractivity contribution in [3.63, 3.8) is 0 Å². The number of amides is 1. The van der Waals surface area contributed by atoms with Crippen LogP contribution in [0.4, 0.5) is 0 Å². The molecule has 0 aromatic carbocycles. The number of hydrogen-bond acceptors (Lipinski definition) is 4. The van der Waals surface area contributed by atoms with Crippen LogP contribution in [0.25, 0.3) is 0 Å². The van der Waals surface area contributed by atoms with Crippen molar-refractivity contribution in [2.75, 3.05) is 6.54 Å². The Balaban J connectivity index is 1.81. The molecule has 5 heteroatoms. The van der Waals surface area contributed by atoms with E-state index in [-0.39, 0.29) is 18.0 Å². The molecule has 0 spiro atoms. The van der Waals surface area contributed by atoms with E-state index in [1.54, 1.807) is 11.3 Å². The number of fused-ring (bicyclic) bond motifs is 1. The highest BCUT2D eigenvalue weighted by Gasteiger charge is 2.33. The van der Waals surface area contributed by atoms with Gasteiger partial charge in [0.05, 0.1) is 11.7 Å². The van der Waals surface area contributed by atoms with Gasteiger partial charge in [-0.1, -0.05) is 0 Å². The molecule has 0 saturated carbocycles. The second-order valence-corrected chi connectivity index (χ2v) is 6.43. The highest BCUT2D eigenvalue weighted by molar-refractivity contribution is 7.11. The van der Waals surface area contributed by atoms with Gasteiger partial charge >= 0.3 is 0 Å². The van der Waals surface area contributed by atoms with E-state index < -0.39 is 0 Å². The Bertz CT molecular complexity index is 447. The molecule has 2 N–H and O–H groups in total. The minimum Gasteiger partial charge on any atom is -0.332 e. The van der Waals surface area contributed by atoms with Crippen LogP contribution in [-0.2, 0) is 17.6 Å². The lowest BCUT2D eigenvalue weighted by molar-refractivity contribution is -0.129. The molecule has 4 nitrogen and oxygen atoms in total. The van der Waals surface area contributed by atoms with E-state index >= 15 is 0 Å². The van der Waals surface area contributed by atoms with Crippen LogP contribution < -0.4 is 5.73 Å². The first-order valence-corrected chi connectivity index (χ1v) is 7.50. The van der Waals surface area contributed by atoms with E-state index in [1.807, 2.05) is 4.90 Å². The number of rotatable bonds is 2. The first-order chi connectivity index (χ1) is 8.65. The van der Waals surface area contributed by atoms with Gasteiger partial charge in [-0.05, 0) is 32.6 Å². The molecule has 1 amide bonds. The van der Waals surface area contributed by atoms with Gasteiger partial charge in [-0.25, -0.2) is 4.98 Å². The van der Waals surface area contributed by atoms with Gasteiger partial charge in [0.15, 0.2) is 0 Å². The fourth-order valence-electron chi connectivity index (χ4n) is 2.82. The third-order valence-corrected chi connectivity index (χ3v) is 5.20. The molecule has 18 heavy (non-hydrogen) atoms. The largest absolute Gasteiger partial charge is 0.332 e. The third-order valence-electron chi connectivity index (χ3n) is 3.88. The number of hydrogen-bond donors (Lipinski definition) is 1. The van der Waals surface area contributed by atoms with Crippen LogP contribution >= 0.6 is 11.3 Å². The van der Waals surface area contributed by atoms with Crippen molar-refractivity contribution in [2.24, 2.45) is 5.73 Å². The quantitative estimate of drug-likeness (QED) is 0.884. The Morgan fingerprint density at radius 3 is 2.89 bits per heavy atom. The molecule has 1 aliphatic carbocycles. The van der Waals surface area contributed by atoms with E-state index in [4.69, 9.17) is 10.7 Å². The zero-order valence-corrected chi connectivity index (χ0v) is 11.5. The Morgan fingerprint density at radius 2 is 2.22 bits per heavy atom. The number of aromatic nitrogens is 1. The summed E-state index contributed by atoms with van der Waals surface area (Å²) in [6.07, 6.45) is 5.27. The van der Waals surface area contributed by atoms with Crippen LogP contribution in [0, 0.1) is 0 Å². The number of likely N-dealkylation sites (tertiary alicyclic amines) is 1. The fourth-order valence-corrected chi connectivity index (χ4v) is 4.04. The number of carbonyl (C=O) groups excluding carboxylic acids is 1. The first-order valence-electron chi connectivity index (χ1n) is 6.68. The number of carbonyl (C=O) groups is 1. The second kappa shape index (κ2) is 4.63. The average molecular weight is 265 g/mol. The molecule has 2 aliphatic rings. The maximum absolute atomic E-state index is 11.9. The number of nitrogens with zero attached hydrogens (tertiary/aromatic N) is 2. The van der Waals surface area contributed by atoms with Gasteiger partial charge in [0, 0.05) is 23.9 Å². The van der Waals surface area contributed by atoms with Crippen molar-refractivity contribution in [1.29, 1.82) is 0 Å². The van der Waals surface area contributed by atoms with Crippen LogP contribution in [0.5, 0.6) is 0 Å². The molecule has 1 saturated heterocycles. The van der Waals surface area contributed by atoms with Gasteiger partial charge < -0.3 is 10.6 Å². The second-order valence-electron chi connectivity index (χ2n) is 5.32. The summed E-state index contributed by atoms with van der Waals surface area (Å²) in [5, 5.41) is 1.09. The van der Waals surface area contributed by atoms with E-state index in [2.05, 4.69) is 6.92 Å². The Hall–Kier alpha value is -0.940. The predicted molar refractivity (Wildman–Crippen MR) is 71.5 cm³/mol. The zero-order chi connectivity index (χ0) is 12.7. The van der Waals surface area contributed by atoms with Crippen molar-refractivity contribution < 1.29 is 4.79 Å². The molecule has 2 unspecified atom stereocenters. The topological polar surface area (TPSA) is 59.2 Å². The molecule has 0 bridgehead atoms. The van der Waals surface area contributed by atoms with Gasteiger partial charge in [-0.15, -0.1) is 11.3 Å². The summed E-state index contributed by atoms with van der Waals surface area (Å²) < 4.78 is 0. The predicted octanol–water partition coefficient (Wildman–Crippen LogP) is 1.64. The van der Waals surface area contributed by atoms with Crippen LogP contribution in [-0.4, -0.2) is 28.4 Å². The summed E-state index contributed by atoms with van der Waals surface area (Å²) >= 11 is 1.79. The standard InChI is InChI=1S/C13H19N3OS/c1-8(16-7-9(14)6-12(16)17)13-15-10-4-2-3-5-11(10)18-13/h8-9H,2-7,14H2,1H3. The summed E-state index contributed by atoms with van der Waals surface area (Å²) in [5.74, 6) is 0.170. The molecule has 2 heterocycles. The van der Waals surface area contributed by atoms with Gasteiger partial charge in [-0.3, -0.25) is 4.79 Å². The van der Waals surface area contributed by atoms with E-state index in [0.29, 0.717) is 13.0 Å². The number of thiazole rings is 1. The van der Waals surface area contributed by atoms with Gasteiger partial charge in [0.1, 0.15) is 5.01 Å². The van der Waals surface area contributed by atoms with E-state index in [1.165, 1.54) is 23.4 Å². The van der Waals surface area contributed by atoms with Crippen molar-refractivity contribution in [2.45, 2.75) is 51.1 Å². The summed E-state index contributed by atoms with van der Waals surface area (Å²) in [4.78, 5) is 19.9. The molecule has 1 aliphatic heterocycles. The number of aryl methyl sites for hydroxylation is 2. The normalized spacial score (nSPS) is 25.3. The summed E-state index contributed by atoms with van der Waals surface area (Å²) in [5.41, 5.74) is 7.12. The monoisotopic (exact) mass is 265 g/mol. The maximum Gasteiger partial charge on any atom is 0.224 e. The highest BCUT2D eigenvalue weighted by atomic mass is 32.1. The minimum absolute atomic E-state index is 0.00506. The van der Waals surface area contributed by atoms with Crippen molar-refractivity contribution >= 4 is 17.2 Å². The molecule has 1 aromatic rings. The third kappa shape index (κ3) is 2.06. The first kappa shape index (κ1) is 12.1. The molecular weight excluding hydrogens is 246 g/mol. The van der Waals surface area contributed by atoms with Crippen LogP contribution in [0.1, 0.15) is 47.8 Å². The molecule has 1 fully saturated rings. The molecule has 98 valence electrons. The van der Waals surface area contributed by atoms with Crippen LogP contribution in [0.2, 0.25) is 0 Å². The summed E-state index contributed by atoms with van der Waals surface area (Å²) in [7, 11) is 0. The maximum atomic E-state index is 11.9. The average Bonchev–Trinajstić information content (AvgIpc) is 2.91. The van der Waals surface area contributed by atoms with Gasteiger partial charge in [-0.2, -0.15) is 0 Å². The van der Waals surface area contributed by atoms with Crippen LogP contribution in [0.3, 0.4) is 0 Å². The van der Waals surface area contributed by atoms with Crippen molar-refractivity contribution in [1.82, 2.24) is 9.88 Å². The number of nitrogens with two attached hydrogens (primary N) is 1. The van der Waals surface area contributed by atoms with E-state index in [9.17, 15) is 4.79 Å². The SMILES string of the molecule is CC(c1nc2c(s1)CCCC2)N1CC(N)CC1=O. The summed E-state index contributed by atoms with van der Waals surface area (Å²) in [6.45, 7) is 2.74. The minimum atomic E-state index is -0.00506. The van der Waals surface area contributed by atoms with Crippen molar-refractivity contribution in [3.05, 3.63) is 15.6 Å². The lowest BCUT2D eigenvalue weighted by Gasteiger charge is -2.22. The molecular formula is C13H19N3OS. The van der Waals surface area contributed by atoms with E-state index in [0.717, 1.165) is 17.8 Å². The molecule has 0 radical (unpaired) electrons. The molecule has 1 aromatic heterocycles. The molecule has 2 atom stereocenters. The smallest absolute Gasteiger partial charge is 0.224 e. The van der Waals surface area contributed by atoms with Gasteiger partial charge in [0.25, 0.3) is 0 Å². The Labute approximate surface area is 111 Å². The zero-order valence-electron chi connectivity index (χ0n) is 10.7. The Morgan fingerprint density at radius 1 is 1.44 bits per heavy atom. The van der Waals surface area contributed by atoms with Crippen LogP contribution in [0.15, 0.2) is 0 Å². The lowest BCUT2D eigenvalue weighted by atomic mass is 10.0. The Kier molecular flexibility index (Phi) is 3.11. The summed E-state index contributed by atoms with van der Waals surface area (Å²) in [6, 6.07) is 0.0798. The van der Waals surface area contributed by atoms with Gasteiger partial charge in [0.2, 0.25) is 5.91 Å². The molecule has 3 rings (SSSR count). The fraction of sp³-hybridized carbons (Fsp3) is 0.692. The highest BCUT2D eigenvalue weighted by Crippen LogP contribution is 2.33. The lowest BCUT2D eigenvalue weighted by Crippen LogP contribution is -2.30. The van der Waals surface area contributed by atoms with Crippen molar-refractivity contribution in [3.8, 4) is 0 Å².